The molecule has 1 rings (SSSR count). The molecule has 0 aliphatic rings. The Bertz CT molecular complexity index is 432. The van der Waals surface area contributed by atoms with Crippen molar-refractivity contribution in [1.82, 2.24) is 0 Å². The van der Waals surface area contributed by atoms with Gasteiger partial charge in [0, 0.05) is 0 Å². The molecule has 0 spiro atoms. The molecule has 0 amide bonds. The first-order valence-corrected chi connectivity index (χ1v) is 5.71. The van der Waals surface area contributed by atoms with Crippen molar-refractivity contribution >= 4 is 16.8 Å². The molecule has 1 N–H and O–H groups in total. The van der Waals surface area contributed by atoms with Gasteiger partial charge >= 0.3 is 11.2 Å². The van der Waals surface area contributed by atoms with Crippen LogP contribution in [0.15, 0.2) is 24.3 Å². The third kappa shape index (κ3) is 2.85. The second kappa shape index (κ2) is 4.69. The molecule has 1 aromatic carbocycles. The highest BCUT2D eigenvalue weighted by molar-refractivity contribution is 7.86. The fraction of sp³-hybridized carbons (Fsp3) is 0.300. The van der Waals surface area contributed by atoms with Crippen molar-refractivity contribution in [3.63, 3.8) is 0 Å². The quantitative estimate of drug-likeness (QED) is 0.885. The summed E-state index contributed by atoms with van der Waals surface area (Å²) in [6.45, 7) is 1.77. The molecule has 0 fully saturated rings. The zero-order valence-electron chi connectivity index (χ0n) is 8.44. The molecule has 0 saturated carbocycles. The Kier molecular flexibility index (Phi) is 3.74. The Labute approximate surface area is 93.6 Å². The Balaban J connectivity index is 2.83. The van der Waals surface area contributed by atoms with Crippen LogP contribution in [-0.4, -0.2) is 20.5 Å². The van der Waals surface area contributed by atoms with E-state index in [4.69, 9.17) is 5.11 Å². The Morgan fingerprint density at radius 1 is 1.50 bits per heavy atom. The number of aryl methyl sites for hydroxylation is 1. The molecule has 88 valence electrons. The largest absolute Gasteiger partial charge is 0.476 e. The first kappa shape index (κ1) is 12.8. The lowest BCUT2D eigenvalue weighted by Crippen LogP contribution is -2.34. The standard InChI is InChI=1S/C10H10F2O3S/c1-7-3-2-4-8(5-7)6-16(15)10(11,12)9(13)14/h2-5H,6H2,1H3,(H,13,14). The van der Waals surface area contributed by atoms with Crippen molar-refractivity contribution in [3.8, 4) is 0 Å². The van der Waals surface area contributed by atoms with Crippen LogP contribution in [0.5, 0.6) is 0 Å². The Hall–Kier alpha value is -1.30. The van der Waals surface area contributed by atoms with Gasteiger partial charge in [0.2, 0.25) is 0 Å². The van der Waals surface area contributed by atoms with Gasteiger partial charge in [0.25, 0.3) is 0 Å². The number of hydrogen-bond donors (Lipinski definition) is 1. The third-order valence-electron chi connectivity index (χ3n) is 1.92. The summed E-state index contributed by atoms with van der Waals surface area (Å²) in [5, 5.41) is 4.00. The van der Waals surface area contributed by atoms with Gasteiger partial charge in [-0.15, -0.1) is 0 Å². The van der Waals surface area contributed by atoms with E-state index in [1.165, 1.54) is 6.07 Å². The molecule has 1 aromatic rings. The maximum atomic E-state index is 12.8. The summed E-state index contributed by atoms with van der Waals surface area (Å²) in [4.78, 5) is 10.2. The van der Waals surface area contributed by atoms with Crippen LogP contribution in [0.3, 0.4) is 0 Å². The van der Waals surface area contributed by atoms with Gasteiger partial charge in [0.05, 0.1) is 5.75 Å². The van der Waals surface area contributed by atoms with Crippen molar-refractivity contribution in [1.29, 1.82) is 0 Å². The molecule has 0 bridgehead atoms. The molecule has 0 aromatic heterocycles. The summed E-state index contributed by atoms with van der Waals surface area (Å²) in [6.07, 6.45) is 0. The molecule has 1 atom stereocenters. The lowest BCUT2D eigenvalue weighted by molar-refractivity contribution is -0.153. The van der Waals surface area contributed by atoms with E-state index in [9.17, 15) is 17.8 Å². The maximum absolute atomic E-state index is 12.8. The number of aliphatic carboxylic acids is 1. The van der Waals surface area contributed by atoms with Gasteiger partial charge in [-0.1, -0.05) is 29.8 Å². The van der Waals surface area contributed by atoms with E-state index < -0.39 is 27.8 Å². The Morgan fingerprint density at radius 3 is 2.62 bits per heavy atom. The normalized spacial score (nSPS) is 13.4. The maximum Gasteiger partial charge on any atom is 0.415 e. The van der Waals surface area contributed by atoms with Crippen LogP contribution in [0.4, 0.5) is 8.78 Å². The molecule has 6 heteroatoms. The zero-order valence-corrected chi connectivity index (χ0v) is 9.26. The summed E-state index contributed by atoms with van der Waals surface area (Å²) in [7, 11) is -2.75. The second-order valence-corrected chi connectivity index (χ2v) is 4.79. The molecule has 0 aliphatic heterocycles. The van der Waals surface area contributed by atoms with E-state index >= 15 is 0 Å². The molecular weight excluding hydrogens is 238 g/mol. The van der Waals surface area contributed by atoms with Crippen LogP contribution < -0.4 is 0 Å². The number of benzene rings is 1. The highest BCUT2D eigenvalue weighted by Crippen LogP contribution is 2.22. The van der Waals surface area contributed by atoms with Crippen molar-refractivity contribution < 1.29 is 22.9 Å². The third-order valence-corrected chi connectivity index (χ3v) is 3.26. The van der Waals surface area contributed by atoms with Crippen molar-refractivity contribution in [2.24, 2.45) is 0 Å². The molecule has 16 heavy (non-hydrogen) atoms. The van der Waals surface area contributed by atoms with E-state index in [-0.39, 0.29) is 0 Å². The van der Waals surface area contributed by atoms with E-state index in [0.717, 1.165) is 5.56 Å². The second-order valence-electron chi connectivity index (χ2n) is 3.30. The molecule has 0 saturated heterocycles. The van der Waals surface area contributed by atoms with Crippen LogP contribution in [-0.2, 0) is 21.3 Å². The van der Waals surface area contributed by atoms with Crippen LogP contribution in [0.1, 0.15) is 11.1 Å². The van der Waals surface area contributed by atoms with Gasteiger partial charge in [-0.2, -0.15) is 8.78 Å². The number of carboxylic acid groups (broad SMARTS) is 1. The summed E-state index contributed by atoms with van der Waals surface area (Å²) in [6, 6.07) is 6.53. The van der Waals surface area contributed by atoms with Gasteiger partial charge in [0.1, 0.15) is 10.8 Å². The summed E-state index contributed by atoms with van der Waals surface area (Å²) in [5.41, 5.74) is 1.27. The van der Waals surface area contributed by atoms with Crippen LogP contribution >= 0.6 is 0 Å². The minimum Gasteiger partial charge on any atom is -0.476 e. The number of halogens is 2. The zero-order chi connectivity index (χ0) is 12.3. The molecule has 3 nitrogen and oxygen atoms in total. The van der Waals surface area contributed by atoms with Crippen LogP contribution in [0.25, 0.3) is 0 Å². The molecular formula is C10H10F2O3S. The number of rotatable bonds is 4. The van der Waals surface area contributed by atoms with Crippen LogP contribution in [0, 0.1) is 6.92 Å². The molecule has 0 aliphatic carbocycles. The fourth-order valence-corrected chi connectivity index (χ4v) is 2.00. The molecule has 0 heterocycles. The van der Waals surface area contributed by atoms with E-state index in [0.29, 0.717) is 5.56 Å². The predicted octanol–water partition coefficient (Wildman–Crippen LogP) is 1.92. The summed E-state index contributed by atoms with van der Waals surface area (Å²) in [5.74, 6) is -2.83. The van der Waals surface area contributed by atoms with Gasteiger partial charge < -0.3 is 5.11 Å². The first-order valence-electron chi connectivity index (χ1n) is 4.39. The van der Waals surface area contributed by atoms with E-state index in [1.807, 2.05) is 0 Å². The smallest absolute Gasteiger partial charge is 0.415 e. The number of hydrogen-bond acceptors (Lipinski definition) is 2. The fourth-order valence-electron chi connectivity index (χ4n) is 1.14. The predicted molar refractivity (Wildman–Crippen MR) is 55.6 cm³/mol. The number of carbonyl (C=O) groups is 1. The monoisotopic (exact) mass is 248 g/mol. The first-order chi connectivity index (χ1) is 7.34. The average Bonchev–Trinajstić information content (AvgIpc) is 2.17. The summed E-state index contributed by atoms with van der Waals surface area (Å²) < 4.78 is 36.8. The van der Waals surface area contributed by atoms with Gasteiger partial charge in [0.15, 0.2) is 0 Å². The highest BCUT2D eigenvalue weighted by atomic mass is 32.2. The topological polar surface area (TPSA) is 54.4 Å². The number of carboxylic acids is 1. The van der Waals surface area contributed by atoms with Crippen LogP contribution in [0.2, 0.25) is 0 Å². The van der Waals surface area contributed by atoms with Crippen molar-refractivity contribution in [3.05, 3.63) is 35.4 Å². The van der Waals surface area contributed by atoms with Gasteiger partial charge in [-0.25, -0.2) is 4.79 Å². The lowest BCUT2D eigenvalue weighted by atomic mass is 10.2. The Morgan fingerprint density at radius 2 is 2.12 bits per heavy atom. The van der Waals surface area contributed by atoms with E-state index in [1.54, 1.807) is 25.1 Å². The lowest BCUT2D eigenvalue weighted by Gasteiger charge is -2.10. The summed E-state index contributed by atoms with van der Waals surface area (Å²) >= 11 is 0. The minimum absolute atomic E-state index is 0.430. The minimum atomic E-state index is -4.20. The van der Waals surface area contributed by atoms with Gasteiger partial charge in [-0.05, 0) is 12.5 Å². The highest BCUT2D eigenvalue weighted by Gasteiger charge is 2.45. The average molecular weight is 248 g/mol. The van der Waals surface area contributed by atoms with Crippen molar-refractivity contribution in [2.75, 3.05) is 0 Å². The number of alkyl halides is 2. The van der Waals surface area contributed by atoms with E-state index in [2.05, 4.69) is 0 Å². The SMILES string of the molecule is Cc1cccc(CS(=O)C(F)(F)C(=O)O)c1. The van der Waals surface area contributed by atoms with Gasteiger partial charge in [-0.3, -0.25) is 4.21 Å². The van der Waals surface area contributed by atoms with Crippen molar-refractivity contribution in [2.45, 2.75) is 17.9 Å². The molecule has 1 unspecified atom stereocenters. The molecule has 0 radical (unpaired) electrons.